The molecule has 11 heteroatoms. The largest absolute Gasteiger partial charge is 0.488 e. The average molecular weight is 636 g/mol. The number of rotatable bonds is 9. The Bertz CT molecular complexity index is 1500. The molecule has 4 bridgehead atoms. The molecule has 45 heavy (non-hydrogen) atoms. The minimum absolute atomic E-state index is 0.281. The molecule has 7 rings (SSSR count). The van der Waals surface area contributed by atoms with Gasteiger partial charge in [-0.05, 0) is 67.7 Å². The summed E-state index contributed by atoms with van der Waals surface area (Å²) in [5.41, 5.74) is 4.49. The Kier molecular flexibility index (Phi) is 8.93. The minimum Gasteiger partial charge on any atom is -0.423 e. The van der Waals surface area contributed by atoms with Gasteiger partial charge >= 0.3 is 7.12 Å². The lowest BCUT2D eigenvalue weighted by atomic mass is 9.80. The molecule has 0 aliphatic carbocycles. The third kappa shape index (κ3) is 7.46. The standard InChI is InChI=1S/C21H25O4P.C13H17BO5/c1-20-14-23-21(25-20,24-15-20)13-12-16-4-6-17(7-5-16)18-8-10-19(11-9-18)26(2,3)22;1-12-8-17-13(19-12,18-9-12)7-6-10-2-4-11(5-3-10)14(15)16/h4-11H,12-15H2,1-3H3;2-5,15-16H,6-9H2,1H3. The van der Waals surface area contributed by atoms with Gasteiger partial charge in [-0.1, -0.05) is 72.8 Å². The van der Waals surface area contributed by atoms with Crippen LogP contribution in [0.1, 0.15) is 37.8 Å². The number of benzene rings is 3. The van der Waals surface area contributed by atoms with E-state index in [0.29, 0.717) is 44.7 Å². The highest BCUT2D eigenvalue weighted by Crippen LogP contribution is 2.43. The zero-order chi connectivity index (χ0) is 31.9. The first-order valence-electron chi connectivity index (χ1n) is 15.4. The normalized spacial score (nSPS) is 29.9. The summed E-state index contributed by atoms with van der Waals surface area (Å²) in [5, 5.41) is 19.0. The highest BCUT2D eigenvalue weighted by Gasteiger charge is 2.57. The number of ether oxygens (including phenoxy) is 6. The fraction of sp³-hybridized carbons (Fsp3) is 0.471. The van der Waals surface area contributed by atoms with E-state index in [1.54, 1.807) is 25.5 Å². The molecular formula is C34H42BO9P. The van der Waals surface area contributed by atoms with E-state index < -0.39 is 26.2 Å². The molecule has 4 aliphatic heterocycles. The van der Waals surface area contributed by atoms with Gasteiger partial charge in [0.1, 0.15) is 18.3 Å². The molecule has 0 atom stereocenters. The zero-order valence-corrected chi connectivity index (χ0v) is 27.3. The first-order chi connectivity index (χ1) is 21.3. The smallest absolute Gasteiger partial charge is 0.423 e. The third-order valence-corrected chi connectivity index (χ3v) is 10.2. The second-order valence-corrected chi connectivity index (χ2v) is 16.6. The van der Waals surface area contributed by atoms with Crippen LogP contribution in [0.15, 0.2) is 72.8 Å². The number of hydrogen-bond donors (Lipinski definition) is 2. The number of hydrogen-bond acceptors (Lipinski definition) is 9. The van der Waals surface area contributed by atoms with Crippen molar-refractivity contribution in [2.75, 3.05) is 39.8 Å². The van der Waals surface area contributed by atoms with Crippen LogP contribution in [0, 0.1) is 0 Å². The maximum absolute atomic E-state index is 12.1. The summed E-state index contributed by atoms with van der Waals surface area (Å²) in [5.74, 6) is -1.73. The second kappa shape index (κ2) is 12.3. The Balaban J connectivity index is 0.000000167. The molecule has 9 nitrogen and oxygen atoms in total. The van der Waals surface area contributed by atoms with Crippen molar-refractivity contribution >= 4 is 25.0 Å². The summed E-state index contributed by atoms with van der Waals surface area (Å²) in [6.07, 6.45) is 2.91. The van der Waals surface area contributed by atoms with Gasteiger partial charge in [-0.2, -0.15) is 0 Å². The first kappa shape index (κ1) is 32.6. The van der Waals surface area contributed by atoms with Crippen LogP contribution in [0.4, 0.5) is 0 Å². The summed E-state index contributed by atoms with van der Waals surface area (Å²) < 4.78 is 46.5. The zero-order valence-electron chi connectivity index (χ0n) is 26.4. The van der Waals surface area contributed by atoms with E-state index in [9.17, 15) is 4.57 Å². The lowest BCUT2D eigenvalue weighted by Gasteiger charge is -2.23. The van der Waals surface area contributed by atoms with E-state index in [1.165, 1.54) is 5.56 Å². The van der Waals surface area contributed by atoms with Gasteiger partial charge < -0.3 is 43.0 Å². The lowest BCUT2D eigenvalue weighted by molar-refractivity contribution is -0.301. The SMILES string of the molecule is CC12COC(CCc3ccc(-c4ccc(P(C)(C)=O)cc4)cc3)(OC1)O2.CC12COC(CCc3ccc(B(O)O)cc3)(OC1)O2. The molecule has 4 aliphatic rings. The summed E-state index contributed by atoms with van der Waals surface area (Å²) in [6, 6.07) is 23.7. The van der Waals surface area contributed by atoms with Gasteiger partial charge in [0.2, 0.25) is 0 Å². The van der Waals surface area contributed by atoms with Crippen LogP contribution in [0.5, 0.6) is 0 Å². The van der Waals surface area contributed by atoms with Crippen LogP contribution < -0.4 is 10.8 Å². The molecule has 4 fully saturated rings. The maximum atomic E-state index is 12.1. The van der Waals surface area contributed by atoms with E-state index in [1.807, 2.05) is 50.2 Å². The van der Waals surface area contributed by atoms with Crippen molar-refractivity contribution in [1.82, 2.24) is 0 Å². The van der Waals surface area contributed by atoms with Crippen molar-refractivity contribution in [2.24, 2.45) is 0 Å². The molecule has 0 unspecified atom stereocenters. The molecule has 3 aromatic carbocycles. The fourth-order valence-corrected chi connectivity index (χ4v) is 6.79. The molecule has 0 aromatic heterocycles. The first-order valence-corrected chi connectivity index (χ1v) is 18.0. The number of fused-ring (bicyclic) bond motifs is 4. The van der Waals surface area contributed by atoms with Gasteiger partial charge in [-0.15, -0.1) is 0 Å². The Morgan fingerprint density at radius 3 is 1.36 bits per heavy atom. The van der Waals surface area contributed by atoms with Crippen molar-refractivity contribution in [3.63, 3.8) is 0 Å². The van der Waals surface area contributed by atoms with E-state index in [2.05, 4.69) is 24.3 Å². The van der Waals surface area contributed by atoms with Gasteiger partial charge in [0.15, 0.2) is 0 Å². The predicted molar refractivity (Wildman–Crippen MR) is 172 cm³/mol. The molecule has 3 aromatic rings. The van der Waals surface area contributed by atoms with Crippen LogP contribution in [0.3, 0.4) is 0 Å². The second-order valence-electron chi connectivity index (χ2n) is 13.3. The average Bonchev–Trinajstić information content (AvgIpc) is 3.76. The lowest BCUT2D eigenvalue weighted by Crippen LogP contribution is -2.34. The van der Waals surface area contributed by atoms with E-state index in [4.69, 9.17) is 38.5 Å². The van der Waals surface area contributed by atoms with Gasteiger partial charge in [-0.25, -0.2) is 0 Å². The number of aryl methyl sites for hydroxylation is 2. The molecular weight excluding hydrogens is 594 g/mol. The van der Waals surface area contributed by atoms with Gasteiger partial charge in [0.25, 0.3) is 11.9 Å². The molecule has 2 N–H and O–H groups in total. The molecule has 0 radical (unpaired) electrons. The van der Waals surface area contributed by atoms with Crippen molar-refractivity contribution in [3.8, 4) is 11.1 Å². The molecule has 4 saturated heterocycles. The summed E-state index contributed by atoms with van der Waals surface area (Å²) in [7, 11) is -3.63. The molecule has 0 amide bonds. The van der Waals surface area contributed by atoms with Crippen molar-refractivity contribution in [3.05, 3.63) is 83.9 Å². The summed E-state index contributed by atoms with van der Waals surface area (Å²) in [4.78, 5) is 0. The Morgan fingerprint density at radius 1 is 0.644 bits per heavy atom. The third-order valence-electron chi connectivity index (χ3n) is 8.69. The Labute approximate surface area is 265 Å². The molecule has 4 heterocycles. The summed E-state index contributed by atoms with van der Waals surface area (Å²) in [6.45, 7) is 9.95. The molecule has 0 spiro atoms. The monoisotopic (exact) mass is 636 g/mol. The van der Waals surface area contributed by atoms with Crippen LogP contribution in [0.2, 0.25) is 0 Å². The van der Waals surface area contributed by atoms with Gasteiger partial charge in [0, 0.05) is 18.1 Å². The molecule has 0 saturated carbocycles. The van der Waals surface area contributed by atoms with E-state index in [0.717, 1.165) is 34.8 Å². The van der Waals surface area contributed by atoms with Crippen molar-refractivity contribution < 1.29 is 43.0 Å². The predicted octanol–water partition coefficient (Wildman–Crippen LogP) is 3.81. The van der Waals surface area contributed by atoms with Crippen LogP contribution >= 0.6 is 7.14 Å². The minimum atomic E-state index is -2.20. The van der Waals surface area contributed by atoms with Crippen LogP contribution in [-0.2, 0) is 45.8 Å². The molecule has 240 valence electrons. The highest BCUT2D eigenvalue weighted by atomic mass is 31.2. The highest BCUT2D eigenvalue weighted by molar-refractivity contribution is 7.70. The van der Waals surface area contributed by atoms with E-state index in [-0.39, 0.29) is 11.2 Å². The van der Waals surface area contributed by atoms with Crippen molar-refractivity contribution in [1.29, 1.82) is 0 Å². The van der Waals surface area contributed by atoms with Gasteiger partial charge in [-0.3, -0.25) is 0 Å². The fourth-order valence-electron chi connectivity index (χ4n) is 5.92. The van der Waals surface area contributed by atoms with Crippen LogP contribution in [-0.4, -0.2) is 80.1 Å². The van der Waals surface area contributed by atoms with Gasteiger partial charge in [0.05, 0.1) is 26.4 Å². The summed E-state index contributed by atoms with van der Waals surface area (Å²) >= 11 is 0. The van der Waals surface area contributed by atoms with E-state index >= 15 is 0 Å². The maximum Gasteiger partial charge on any atom is 0.488 e. The quantitative estimate of drug-likeness (QED) is 0.268. The topological polar surface area (TPSA) is 113 Å². The van der Waals surface area contributed by atoms with Crippen LogP contribution in [0.25, 0.3) is 11.1 Å². The Hall–Kier alpha value is -2.37. The van der Waals surface area contributed by atoms with Crippen molar-refractivity contribution in [2.45, 2.75) is 62.7 Å². The Morgan fingerprint density at radius 2 is 1.02 bits per heavy atom.